The molecule has 3 aliphatic carbocycles. The molecule has 5 heteroatoms. The summed E-state index contributed by atoms with van der Waals surface area (Å²) in [5.74, 6) is 1.64. The second kappa shape index (κ2) is 7.43. The molecule has 1 aliphatic heterocycles. The van der Waals surface area contributed by atoms with Gasteiger partial charge in [-0.15, -0.1) is 0 Å². The Kier molecular flexibility index (Phi) is 5.03. The summed E-state index contributed by atoms with van der Waals surface area (Å²) in [6.07, 6.45) is 10.3. The highest BCUT2D eigenvalue weighted by Gasteiger charge is 2.61. The molecule has 1 aromatic rings. The molecule has 1 N–H and O–H groups in total. The summed E-state index contributed by atoms with van der Waals surface area (Å²) in [5, 5.41) is 3.11. The lowest BCUT2D eigenvalue weighted by Crippen LogP contribution is -2.59. The molecular formula is C27H35FN2O2. The van der Waals surface area contributed by atoms with Crippen molar-refractivity contribution in [2.24, 2.45) is 34.5 Å². The smallest absolute Gasteiger partial charge is 0.246 e. The van der Waals surface area contributed by atoms with Gasteiger partial charge in [0.15, 0.2) is 0 Å². The monoisotopic (exact) mass is 438 g/mol. The van der Waals surface area contributed by atoms with E-state index in [9.17, 15) is 14.0 Å². The minimum atomic E-state index is -0.278. The van der Waals surface area contributed by atoms with Crippen LogP contribution in [-0.4, -0.2) is 29.8 Å². The molecule has 3 fully saturated rings. The standard InChI is InChI=1S/C27H35FN2O2/c1-16-15-17(28)5-9-22(16)29-25(32)21-8-7-19-18-6-10-23-27(3,14-12-24(31)30(23)4)20(18)11-13-26(19,21)2/h5,9,12,14-15,18-21,23H,6-8,10-11,13H2,1-4H3,(H,29,32)/t18-,19-,20+,21?,23?,26-,27+/m0/s1. The van der Waals surface area contributed by atoms with E-state index in [4.69, 9.17) is 0 Å². The summed E-state index contributed by atoms with van der Waals surface area (Å²) in [6.45, 7) is 6.53. The summed E-state index contributed by atoms with van der Waals surface area (Å²) in [4.78, 5) is 27.6. The van der Waals surface area contributed by atoms with Crippen molar-refractivity contribution in [3.8, 4) is 0 Å². The average molecular weight is 439 g/mol. The van der Waals surface area contributed by atoms with Crippen molar-refractivity contribution >= 4 is 17.5 Å². The van der Waals surface area contributed by atoms with Crippen LogP contribution in [0.4, 0.5) is 10.1 Å². The number of hydrogen-bond acceptors (Lipinski definition) is 2. The Morgan fingerprint density at radius 2 is 1.91 bits per heavy atom. The molecule has 4 aliphatic rings. The van der Waals surface area contributed by atoms with Crippen LogP contribution >= 0.6 is 0 Å². The predicted octanol–water partition coefficient (Wildman–Crippen LogP) is 5.33. The van der Waals surface area contributed by atoms with Gasteiger partial charge >= 0.3 is 0 Å². The molecule has 0 radical (unpaired) electrons. The highest BCUT2D eigenvalue weighted by Crippen LogP contribution is 2.65. The van der Waals surface area contributed by atoms with Crippen molar-refractivity contribution in [1.82, 2.24) is 4.90 Å². The molecule has 2 unspecified atom stereocenters. The first kappa shape index (κ1) is 21.7. The first-order valence-corrected chi connectivity index (χ1v) is 12.2. The van der Waals surface area contributed by atoms with Crippen LogP contribution in [0.5, 0.6) is 0 Å². The molecule has 2 amide bonds. The number of carbonyl (C=O) groups is 2. The third-order valence-corrected chi connectivity index (χ3v) is 9.89. The molecule has 1 aromatic carbocycles. The van der Waals surface area contributed by atoms with Crippen LogP contribution in [0.25, 0.3) is 0 Å². The summed E-state index contributed by atoms with van der Waals surface area (Å²) in [6, 6.07) is 4.83. The predicted molar refractivity (Wildman–Crippen MR) is 123 cm³/mol. The Morgan fingerprint density at radius 1 is 1.12 bits per heavy atom. The fourth-order valence-electron chi connectivity index (χ4n) is 8.16. The minimum absolute atomic E-state index is 0.00246. The van der Waals surface area contributed by atoms with Crippen LogP contribution in [0.3, 0.4) is 0 Å². The van der Waals surface area contributed by atoms with E-state index in [-0.39, 0.29) is 40.4 Å². The van der Waals surface area contributed by atoms with Crippen LogP contribution in [0.1, 0.15) is 57.9 Å². The van der Waals surface area contributed by atoms with E-state index in [1.54, 1.807) is 12.1 Å². The highest BCUT2D eigenvalue weighted by atomic mass is 19.1. The van der Waals surface area contributed by atoms with Crippen LogP contribution in [0.2, 0.25) is 0 Å². The molecule has 32 heavy (non-hydrogen) atoms. The fourth-order valence-corrected chi connectivity index (χ4v) is 8.16. The number of hydrogen-bond donors (Lipinski definition) is 1. The molecule has 7 atom stereocenters. The Morgan fingerprint density at radius 3 is 2.66 bits per heavy atom. The molecule has 0 aromatic heterocycles. The number of rotatable bonds is 2. The van der Waals surface area contributed by atoms with Gasteiger partial charge in [-0.3, -0.25) is 9.59 Å². The Labute approximate surface area is 190 Å². The Balaban J connectivity index is 1.38. The van der Waals surface area contributed by atoms with Gasteiger partial charge in [-0.2, -0.15) is 0 Å². The van der Waals surface area contributed by atoms with Gasteiger partial charge in [-0.05, 0) is 98.5 Å². The van der Waals surface area contributed by atoms with Crippen LogP contribution in [0, 0.1) is 47.2 Å². The third-order valence-electron chi connectivity index (χ3n) is 9.89. The van der Waals surface area contributed by atoms with E-state index in [1.807, 2.05) is 18.9 Å². The first-order valence-electron chi connectivity index (χ1n) is 12.2. The number of nitrogens with one attached hydrogen (secondary N) is 1. The lowest BCUT2D eigenvalue weighted by Gasteiger charge is -2.60. The Bertz CT molecular complexity index is 990. The molecule has 1 heterocycles. The maximum absolute atomic E-state index is 13.5. The average Bonchev–Trinajstić information content (AvgIpc) is 3.10. The summed E-state index contributed by atoms with van der Waals surface area (Å²) in [5.41, 5.74) is 1.50. The number of likely N-dealkylation sites (N-methyl/N-ethyl adjacent to an activating group) is 1. The van der Waals surface area contributed by atoms with Crippen molar-refractivity contribution < 1.29 is 14.0 Å². The van der Waals surface area contributed by atoms with Crippen molar-refractivity contribution in [3.05, 3.63) is 41.7 Å². The minimum Gasteiger partial charge on any atom is -0.338 e. The normalized spacial score (nSPS) is 40.5. The molecular weight excluding hydrogens is 403 g/mol. The Hall–Kier alpha value is -2.17. The van der Waals surface area contributed by atoms with Gasteiger partial charge in [-0.1, -0.05) is 19.9 Å². The number of carbonyl (C=O) groups excluding carboxylic acids is 2. The van der Waals surface area contributed by atoms with Crippen LogP contribution in [0.15, 0.2) is 30.4 Å². The lowest BCUT2D eigenvalue weighted by atomic mass is 9.47. The van der Waals surface area contributed by atoms with E-state index in [1.165, 1.54) is 12.1 Å². The number of fused-ring (bicyclic) bond motifs is 5. The van der Waals surface area contributed by atoms with Gasteiger partial charge in [0.2, 0.25) is 11.8 Å². The summed E-state index contributed by atoms with van der Waals surface area (Å²) in [7, 11) is 1.95. The molecule has 5 rings (SSSR count). The maximum Gasteiger partial charge on any atom is 0.246 e. The second-order valence-electron chi connectivity index (χ2n) is 11.2. The molecule has 0 saturated heterocycles. The zero-order valence-electron chi connectivity index (χ0n) is 19.7. The zero-order chi connectivity index (χ0) is 22.8. The number of nitrogens with zero attached hydrogens (tertiary/aromatic N) is 1. The molecule has 172 valence electrons. The van der Waals surface area contributed by atoms with Gasteiger partial charge in [0.25, 0.3) is 0 Å². The van der Waals surface area contributed by atoms with E-state index < -0.39 is 0 Å². The molecule has 0 bridgehead atoms. The highest BCUT2D eigenvalue weighted by molar-refractivity contribution is 5.94. The van der Waals surface area contributed by atoms with Crippen molar-refractivity contribution in [2.75, 3.05) is 12.4 Å². The van der Waals surface area contributed by atoms with Gasteiger partial charge in [0, 0.05) is 30.1 Å². The topological polar surface area (TPSA) is 49.4 Å². The summed E-state index contributed by atoms with van der Waals surface area (Å²) >= 11 is 0. The number of benzene rings is 1. The van der Waals surface area contributed by atoms with E-state index >= 15 is 0 Å². The van der Waals surface area contributed by atoms with Crippen molar-refractivity contribution in [2.45, 2.75) is 65.3 Å². The van der Waals surface area contributed by atoms with E-state index in [2.05, 4.69) is 25.2 Å². The zero-order valence-corrected chi connectivity index (χ0v) is 19.7. The number of anilines is 1. The maximum atomic E-state index is 13.5. The molecule has 3 saturated carbocycles. The SMILES string of the molecule is Cc1cc(F)ccc1NC(=O)C1CC[C@H]2[C@@H]3CCC4N(C)C(=O)C=C[C@]4(C)[C@@H]3CC[C@]12C. The van der Waals surface area contributed by atoms with Gasteiger partial charge in [0.05, 0.1) is 0 Å². The van der Waals surface area contributed by atoms with Gasteiger partial charge in [0.1, 0.15) is 5.82 Å². The van der Waals surface area contributed by atoms with Crippen LogP contribution < -0.4 is 5.32 Å². The fraction of sp³-hybridized carbons (Fsp3) is 0.630. The quantitative estimate of drug-likeness (QED) is 0.679. The van der Waals surface area contributed by atoms with Gasteiger partial charge < -0.3 is 10.2 Å². The second-order valence-corrected chi connectivity index (χ2v) is 11.2. The molecule has 4 nitrogen and oxygen atoms in total. The largest absolute Gasteiger partial charge is 0.338 e. The number of aryl methyl sites for hydroxylation is 1. The molecule has 0 spiro atoms. The van der Waals surface area contributed by atoms with Gasteiger partial charge in [-0.25, -0.2) is 4.39 Å². The van der Waals surface area contributed by atoms with E-state index in [0.717, 1.165) is 44.1 Å². The lowest BCUT2D eigenvalue weighted by molar-refractivity contribution is -0.141. The number of halogens is 1. The van der Waals surface area contributed by atoms with Crippen molar-refractivity contribution in [3.63, 3.8) is 0 Å². The number of amides is 2. The van der Waals surface area contributed by atoms with Crippen molar-refractivity contribution in [1.29, 1.82) is 0 Å². The van der Waals surface area contributed by atoms with Crippen LogP contribution in [-0.2, 0) is 9.59 Å². The summed E-state index contributed by atoms with van der Waals surface area (Å²) < 4.78 is 13.5. The van der Waals surface area contributed by atoms with E-state index in [0.29, 0.717) is 23.4 Å². The third kappa shape index (κ3) is 3.07. The first-order chi connectivity index (χ1) is 15.1.